The van der Waals surface area contributed by atoms with Gasteiger partial charge in [-0.1, -0.05) is 0 Å². The third kappa shape index (κ3) is 2.38. The van der Waals surface area contributed by atoms with Crippen LogP contribution in [0.15, 0.2) is 18.2 Å². The molecule has 0 heterocycles. The van der Waals surface area contributed by atoms with E-state index in [1.54, 1.807) is 12.1 Å². The lowest BCUT2D eigenvalue weighted by atomic mass is 9.95. The molecular weight excluding hydrogens is 232 g/mol. The lowest BCUT2D eigenvalue weighted by Crippen LogP contribution is -2.44. The maximum absolute atomic E-state index is 10.7. The van der Waals surface area contributed by atoms with E-state index in [1.165, 1.54) is 18.9 Å². The second kappa shape index (κ2) is 4.45. The fraction of sp³-hybridized carbons (Fsp3) is 0.500. The molecule has 98 valence electrons. The van der Waals surface area contributed by atoms with Crippen LogP contribution >= 0.6 is 0 Å². The highest BCUT2D eigenvalue weighted by atomic mass is 16.6. The second-order valence-electron chi connectivity index (χ2n) is 5.05. The predicted molar refractivity (Wildman–Crippen MR) is 71.3 cm³/mol. The van der Waals surface area contributed by atoms with Crippen LogP contribution in [-0.4, -0.2) is 17.0 Å². The summed E-state index contributed by atoms with van der Waals surface area (Å²) < 4.78 is 0. The van der Waals surface area contributed by atoms with Crippen molar-refractivity contribution in [3.05, 3.63) is 28.3 Å². The molecule has 1 saturated carbocycles. The topological polar surface area (TPSA) is 107 Å². The number of nitrogens with two attached hydrogens (primary N) is 2. The standard InChI is InChI=1S/C12H18N4O2/c1-12(7-13,8-2-3-8)15-9-4-5-11(16(17)18)10(14)6-9/h4-6,8,15H,2-3,7,13-14H2,1H3. The van der Waals surface area contributed by atoms with E-state index in [4.69, 9.17) is 11.5 Å². The van der Waals surface area contributed by atoms with Crippen molar-refractivity contribution in [1.29, 1.82) is 0 Å². The van der Waals surface area contributed by atoms with Crippen LogP contribution in [0.5, 0.6) is 0 Å². The molecule has 1 aromatic carbocycles. The highest BCUT2D eigenvalue weighted by molar-refractivity contribution is 5.66. The second-order valence-corrected chi connectivity index (χ2v) is 5.05. The highest BCUT2D eigenvalue weighted by Crippen LogP contribution is 2.41. The van der Waals surface area contributed by atoms with Gasteiger partial charge in [0.05, 0.1) is 4.92 Å². The van der Waals surface area contributed by atoms with Gasteiger partial charge < -0.3 is 16.8 Å². The Morgan fingerprint density at radius 2 is 2.22 bits per heavy atom. The molecule has 5 N–H and O–H groups in total. The first kappa shape index (κ1) is 12.6. The van der Waals surface area contributed by atoms with E-state index in [1.807, 2.05) is 0 Å². The monoisotopic (exact) mass is 250 g/mol. The SMILES string of the molecule is CC(CN)(Nc1ccc([N+](=O)[O-])c(N)c1)C1CC1. The average Bonchev–Trinajstić information content (AvgIpc) is 3.12. The summed E-state index contributed by atoms with van der Waals surface area (Å²) in [5.74, 6) is 0.568. The van der Waals surface area contributed by atoms with Crippen molar-refractivity contribution in [3.8, 4) is 0 Å². The first-order chi connectivity index (χ1) is 8.46. The summed E-state index contributed by atoms with van der Waals surface area (Å²) in [6.07, 6.45) is 2.34. The molecule has 1 unspecified atom stereocenters. The van der Waals surface area contributed by atoms with Gasteiger partial charge in [0.25, 0.3) is 5.69 Å². The summed E-state index contributed by atoms with van der Waals surface area (Å²) in [5.41, 5.74) is 12.2. The molecule has 1 aliphatic carbocycles. The van der Waals surface area contributed by atoms with Gasteiger partial charge in [0, 0.05) is 23.8 Å². The molecule has 0 amide bonds. The quantitative estimate of drug-likeness (QED) is 0.419. The largest absolute Gasteiger partial charge is 0.393 e. The number of nitrogens with one attached hydrogen (secondary N) is 1. The molecule has 2 rings (SSSR count). The molecule has 0 saturated heterocycles. The van der Waals surface area contributed by atoms with Crippen LogP contribution in [0.25, 0.3) is 0 Å². The van der Waals surface area contributed by atoms with Crippen LogP contribution in [0.4, 0.5) is 17.1 Å². The Bertz CT molecular complexity index is 473. The minimum absolute atomic E-state index is 0.0681. The van der Waals surface area contributed by atoms with Crippen LogP contribution in [0, 0.1) is 16.0 Å². The van der Waals surface area contributed by atoms with E-state index in [-0.39, 0.29) is 16.9 Å². The van der Waals surface area contributed by atoms with Gasteiger partial charge in [-0.25, -0.2) is 0 Å². The maximum atomic E-state index is 10.7. The minimum Gasteiger partial charge on any atom is -0.393 e. The molecule has 18 heavy (non-hydrogen) atoms. The first-order valence-electron chi connectivity index (χ1n) is 5.98. The summed E-state index contributed by atoms with van der Waals surface area (Å²) in [6.45, 7) is 2.59. The minimum atomic E-state index is -0.484. The Labute approximate surface area is 105 Å². The Morgan fingerprint density at radius 3 is 2.67 bits per heavy atom. The molecule has 0 spiro atoms. The van der Waals surface area contributed by atoms with Gasteiger partial charge in [-0.05, 0) is 37.8 Å². The van der Waals surface area contributed by atoms with Gasteiger partial charge in [-0.2, -0.15) is 0 Å². The van der Waals surface area contributed by atoms with Crippen LogP contribution in [0.1, 0.15) is 19.8 Å². The molecule has 1 fully saturated rings. The third-order valence-corrected chi connectivity index (χ3v) is 3.56. The Balaban J connectivity index is 2.19. The normalized spacial score (nSPS) is 18.1. The van der Waals surface area contributed by atoms with E-state index in [2.05, 4.69) is 12.2 Å². The summed E-state index contributed by atoms with van der Waals surface area (Å²) in [5, 5.41) is 14.0. The zero-order chi connectivity index (χ0) is 13.3. The molecular formula is C12H18N4O2. The van der Waals surface area contributed by atoms with E-state index in [0.717, 1.165) is 5.69 Å². The number of benzene rings is 1. The number of nitrogens with zero attached hydrogens (tertiary/aromatic N) is 1. The predicted octanol–water partition coefficient (Wildman–Crippen LogP) is 1.72. The van der Waals surface area contributed by atoms with E-state index in [0.29, 0.717) is 12.5 Å². The van der Waals surface area contributed by atoms with Crippen LogP contribution in [0.2, 0.25) is 0 Å². The molecule has 6 nitrogen and oxygen atoms in total. The summed E-state index contributed by atoms with van der Waals surface area (Å²) >= 11 is 0. The van der Waals surface area contributed by atoms with Gasteiger partial charge in [-0.15, -0.1) is 0 Å². The fourth-order valence-corrected chi connectivity index (χ4v) is 2.17. The maximum Gasteiger partial charge on any atom is 0.292 e. The van der Waals surface area contributed by atoms with Crippen LogP contribution < -0.4 is 16.8 Å². The smallest absolute Gasteiger partial charge is 0.292 e. The van der Waals surface area contributed by atoms with E-state index in [9.17, 15) is 10.1 Å². The lowest BCUT2D eigenvalue weighted by Gasteiger charge is -2.30. The average molecular weight is 250 g/mol. The lowest BCUT2D eigenvalue weighted by molar-refractivity contribution is -0.383. The molecule has 1 atom stereocenters. The van der Waals surface area contributed by atoms with Crippen LogP contribution in [0.3, 0.4) is 0 Å². The van der Waals surface area contributed by atoms with Crippen molar-refractivity contribution in [3.63, 3.8) is 0 Å². The number of nitro groups is 1. The zero-order valence-corrected chi connectivity index (χ0v) is 10.3. The number of hydrogen-bond acceptors (Lipinski definition) is 5. The molecule has 0 bridgehead atoms. The van der Waals surface area contributed by atoms with Crippen LogP contribution in [-0.2, 0) is 0 Å². The molecule has 0 aromatic heterocycles. The van der Waals surface area contributed by atoms with Crippen molar-refractivity contribution in [2.45, 2.75) is 25.3 Å². The van der Waals surface area contributed by atoms with Gasteiger partial charge in [0.1, 0.15) is 5.69 Å². The zero-order valence-electron chi connectivity index (χ0n) is 10.3. The first-order valence-corrected chi connectivity index (χ1v) is 5.98. The Morgan fingerprint density at radius 1 is 1.56 bits per heavy atom. The van der Waals surface area contributed by atoms with E-state index < -0.39 is 4.92 Å². The molecule has 0 aliphatic heterocycles. The van der Waals surface area contributed by atoms with Crippen molar-refractivity contribution < 1.29 is 4.92 Å². The van der Waals surface area contributed by atoms with E-state index >= 15 is 0 Å². The number of anilines is 2. The third-order valence-electron chi connectivity index (χ3n) is 3.56. The number of nitrogen functional groups attached to an aromatic ring is 1. The molecule has 1 aliphatic rings. The van der Waals surface area contributed by atoms with Gasteiger partial charge in [0.2, 0.25) is 0 Å². The van der Waals surface area contributed by atoms with Crippen molar-refractivity contribution >= 4 is 17.1 Å². The van der Waals surface area contributed by atoms with Crippen molar-refractivity contribution in [2.75, 3.05) is 17.6 Å². The summed E-state index contributed by atoms with van der Waals surface area (Å²) in [6, 6.07) is 4.68. The molecule has 6 heteroatoms. The molecule has 0 radical (unpaired) electrons. The number of nitro benzene ring substituents is 1. The summed E-state index contributed by atoms with van der Waals surface area (Å²) in [7, 11) is 0. The fourth-order valence-electron chi connectivity index (χ4n) is 2.17. The van der Waals surface area contributed by atoms with Crippen molar-refractivity contribution in [2.24, 2.45) is 11.7 Å². The van der Waals surface area contributed by atoms with Crippen molar-refractivity contribution in [1.82, 2.24) is 0 Å². The highest BCUT2D eigenvalue weighted by Gasteiger charge is 2.40. The molecule has 1 aromatic rings. The summed E-state index contributed by atoms with van der Waals surface area (Å²) in [4.78, 5) is 10.2. The van der Waals surface area contributed by atoms with Gasteiger partial charge in [-0.3, -0.25) is 10.1 Å². The van der Waals surface area contributed by atoms with Gasteiger partial charge >= 0.3 is 0 Å². The van der Waals surface area contributed by atoms with Gasteiger partial charge in [0.15, 0.2) is 0 Å². The Kier molecular flexibility index (Phi) is 3.13. The number of hydrogen-bond donors (Lipinski definition) is 3. The number of rotatable bonds is 5. The Hall–Kier alpha value is -1.82.